The Hall–Kier alpha value is -3.27. The summed E-state index contributed by atoms with van der Waals surface area (Å²) in [6.07, 6.45) is 1.29. The Labute approximate surface area is 161 Å². The summed E-state index contributed by atoms with van der Waals surface area (Å²) in [7, 11) is 0. The maximum absolute atomic E-state index is 13.6. The van der Waals surface area contributed by atoms with Crippen LogP contribution in [0.4, 0.5) is 10.1 Å². The lowest BCUT2D eigenvalue weighted by molar-refractivity contribution is -0.136. The van der Waals surface area contributed by atoms with Crippen molar-refractivity contribution in [3.8, 4) is 5.75 Å². The molecule has 3 amide bonds. The van der Waals surface area contributed by atoms with Crippen LogP contribution in [0.2, 0.25) is 0 Å². The highest BCUT2D eigenvalue weighted by atomic mass is 79.9. The van der Waals surface area contributed by atoms with Gasteiger partial charge in [-0.25, -0.2) is 9.82 Å². The number of ether oxygens (including phenoxy) is 1. The van der Waals surface area contributed by atoms with E-state index in [0.29, 0.717) is 15.8 Å². The lowest BCUT2D eigenvalue weighted by Crippen LogP contribution is -2.32. The summed E-state index contributed by atoms with van der Waals surface area (Å²) in [6.45, 7) is -0.239. The number of rotatable bonds is 6. The standard InChI is InChI=1S/C17H14BrFN4O4/c18-11-3-6-14(13(19)7-11)22-16(25)17(26)23-21-8-10-1-4-12(5-2-10)27-9-15(20)24/h1-8H,9H2,(H2,20,24)(H,22,25)(H,23,26)/b21-8+. The fraction of sp³-hybridized carbons (Fsp3) is 0.0588. The van der Waals surface area contributed by atoms with Gasteiger partial charge in [0.25, 0.3) is 5.91 Å². The van der Waals surface area contributed by atoms with E-state index in [4.69, 9.17) is 10.5 Å². The van der Waals surface area contributed by atoms with Gasteiger partial charge in [-0.15, -0.1) is 0 Å². The highest BCUT2D eigenvalue weighted by molar-refractivity contribution is 9.10. The second kappa shape index (κ2) is 9.43. The molecule has 0 aromatic heterocycles. The van der Waals surface area contributed by atoms with Crippen molar-refractivity contribution >= 4 is 45.6 Å². The van der Waals surface area contributed by atoms with Crippen molar-refractivity contribution in [3.63, 3.8) is 0 Å². The molecule has 2 aromatic carbocycles. The van der Waals surface area contributed by atoms with E-state index in [0.717, 1.165) is 6.07 Å². The van der Waals surface area contributed by atoms with Crippen LogP contribution in [0.15, 0.2) is 52.0 Å². The van der Waals surface area contributed by atoms with Crippen LogP contribution in [0.5, 0.6) is 5.75 Å². The molecule has 0 fully saturated rings. The van der Waals surface area contributed by atoms with E-state index in [1.807, 2.05) is 5.43 Å². The maximum atomic E-state index is 13.6. The third-order valence-corrected chi connectivity index (χ3v) is 3.52. The minimum Gasteiger partial charge on any atom is -0.484 e. The lowest BCUT2D eigenvalue weighted by Gasteiger charge is -2.05. The largest absolute Gasteiger partial charge is 0.484 e. The number of primary amides is 1. The van der Waals surface area contributed by atoms with Crippen molar-refractivity contribution in [2.45, 2.75) is 0 Å². The summed E-state index contributed by atoms with van der Waals surface area (Å²) < 4.78 is 19.2. The van der Waals surface area contributed by atoms with Gasteiger partial charge in [0.15, 0.2) is 6.61 Å². The number of hydrogen-bond acceptors (Lipinski definition) is 5. The zero-order chi connectivity index (χ0) is 19.8. The number of anilines is 1. The van der Waals surface area contributed by atoms with Gasteiger partial charge in [-0.05, 0) is 48.0 Å². The van der Waals surface area contributed by atoms with Gasteiger partial charge < -0.3 is 15.8 Å². The smallest absolute Gasteiger partial charge is 0.329 e. The van der Waals surface area contributed by atoms with Crippen LogP contribution in [0.25, 0.3) is 0 Å². The summed E-state index contributed by atoms with van der Waals surface area (Å²) in [6, 6.07) is 10.4. The molecule has 0 aliphatic heterocycles. The molecule has 0 radical (unpaired) electrons. The Kier molecular flexibility index (Phi) is 7.00. The molecule has 0 unspecified atom stereocenters. The molecule has 0 aliphatic carbocycles. The average Bonchev–Trinajstić information content (AvgIpc) is 2.63. The van der Waals surface area contributed by atoms with Crippen LogP contribution in [-0.4, -0.2) is 30.5 Å². The van der Waals surface area contributed by atoms with E-state index < -0.39 is 23.5 Å². The molecule has 0 aliphatic rings. The van der Waals surface area contributed by atoms with Gasteiger partial charge in [0.2, 0.25) is 0 Å². The van der Waals surface area contributed by atoms with Gasteiger partial charge in [-0.3, -0.25) is 14.4 Å². The Bertz CT molecular complexity index is 887. The van der Waals surface area contributed by atoms with Crippen LogP contribution < -0.4 is 21.2 Å². The predicted molar refractivity (Wildman–Crippen MR) is 99.6 cm³/mol. The SMILES string of the molecule is NC(=O)COc1ccc(/C=N/NC(=O)C(=O)Nc2ccc(Br)cc2F)cc1. The van der Waals surface area contributed by atoms with Crippen molar-refractivity contribution in [1.29, 1.82) is 0 Å². The molecule has 0 bridgehead atoms. The highest BCUT2D eigenvalue weighted by Crippen LogP contribution is 2.19. The molecule has 140 valence electrons. The van der Waals surface area contributed by atoms with Gasteiger partial charge >= 0.3 is 11.8 Å². The van der Waals surface area contributed by atoms with Gasteiger partial charge in [-0.1, -0.05) is 15.9 Å². The number of amides is 3. The molecule has 27 heavy (non-hydrogen) atoms. The normalized spacial score (nSPS) is 10.4. The molecule has 10 heteroatoms. The Morgan fingerprint density at radius 1 is 1.15 bits per heavy atom. The van der Waals surface area contributed by atoms with E-state index in [2.05, 4.69) is 26.3 Å². The van der Waals surface area contributed by atoms with Gasteiger partial charge in [-0.2, -0.15) is 5.10 Å². The molecule has 2 rings (SSSR count). The number of carbonyl (C=O) groups is 3. The van der Waals surface area contributed by atoms with E-state index >= 15 is 0 Å². The molecule has 0 atom stereocenters. The van der Waals surface area contributed by atoms with Crippen molar-refractivity contribution in [2.24, 2.45) is 10.8 Å². The number of halogens is 2. The molecule has 2 aromatic rings. The van der Waals surface area contributed by atoms with Crippen LogP contribution in [-0.2, 0) is 14.4 Å². The molecule has 0 saturated heterocycles. The van der Waals surface area contributed by atoms with E-state index in [1.165, 1.54) is 18.3 Å². The summed E-state index contributed by atoms with van der Waals surface area (Å²) in [5.74, 6) is -2.97. The monoisotopic (exact) mass is 436 g/mol. The van der Waals surface area contributed by atoms with Crippen LogP contribution in [0.1, 0.15) is 5.56 Å². The predicted octanol–water partition coefficient (Wildman–Crippen LogP) is 1.54. The summed E-state index contributed by atoms with van der Waals surface area (Å²) in [4.78, 5) is 34.0. The number of nitrogens with zero attached hydrogens (tertiary/aromatic N) is 1. The second-order valence-corrected chi connectivity index (χ2v) is 6.02. The minimum atomic E-state index is -1.07. The van der Waals surface area contributed by atoms with E-state index in [9.17, 15) is 18.8 Å². The lowest BCUT2D eigenvalue weighted by atomic mass is 10.2. The number of hydrogen-bond donors (Lipinski definition) is 3. The molecule has 0 saturated carbocycles. The van der Waals surface area contributed by atoms with E-state index in [1.54, 1.807) is 24.3 Å². The van der Waals surface area contributed by atoms with Crippen molar-refractivity contribution in [1.82, 2.24) is 5.43 Å². The fourth-order valence-electron chi connectivity index (χ4n) is 1.79. The van der Waals surface area contributed by atoms with Crippen molar-refractivity contribution in [3.05, 3.63) is 58.3 Å². The minimum absolute atomic E-state index is 0.131. The van der Waals surface area contributed by atoms with Crippen molar-refractivity contribution in [2.75, 3.05) is 11.9 Å². The third kappa shape index (κ3) is 6.51. The van der Waals surface area contributed by atoms with Crippen LogP contribution >= 0.6 is 15.9 Å². The first-order chi connectivity index (χ1) is 12.8. The number of benzene rings is 2. The molecular formula is C17H14BrFN4O4. The fourth-order valence-corrected chi connectivity index (χ4v) is 2.12. The number of nitrogens with one attached hydrogen (secondary N) is 2. The third-order valence-electron chi connectivity index (χ3n) is 3.03. The molecule has 8 nitrogen and oxygen atoms in total. The van der Waals surface area contributed by atoms with Gasteiger partial charge in [0.05, 0.1) is 11.9 Å². The summed E-state index contributed by atoms with van der Waals surface area (Å²) in [5.41, 5.74) is 7.47. The number of carbonyl (C=O) groups excluding carboxylic acids is 3. The van der Waals surface area contributed by atoms with Crippen molar-refractivity contribution < 1.29 is 23.5 Å². The summed E-state index contributed by atoms with van der Waals surface area (Å²) >= 11 is 3.09. The van der Waals surface area contributed by atoms with Crippen LogP contribution in [0, 0.1) is 5.82 Å². The zero-order valence-corrected chi connectivity index (χ0v) is 15.3. The Balaban J connectivity index is 1.86. The number of nitrogens with two attached hydrogens (primary N) is 1. The Morgan fingerprint density at radius 2 is 1.85 bits per heavy atom. The van der Waals surface area contributed by atoms with Gasteiger partial charge in [0, 0.05) is 4.47 Å². The molecule has 4 N–H and O–H groups in total. The topological polar surface area (TPSA) is 123 Å². The van der Waals surface area contributed by atoms with Gasteiger partial charge in [0.1, 0.15) is 11.6 Å². The first-order valence-electron chi connectivity index (χ1n) is 7.46. The number of hydrazone groups is 1. The first kappa shape index (κ1) is 20.0. The first-order valence-corrected chi connectivity index (χ1v) is 8.25. The molecular weight excluding hydrogens is 423 g/mol. The second-order valence-electron chi connectivity index (χ2n) is 5.10. The zero-order valence-electron chi connectivity index (χ0n) is 13.7. The Morgan fingerprint density at radius 3 is 2.48 bits per heavy atom. The maximum Gasteiger partial charge on any atom is 0.329 e. The highest BCUT2D eigenvalue weighted by Gasteiger charge is 2.15. The molecule has 0 heterocycles. The average molecular weight is 437 g/mol. The summed E-state index contributed by atoms with van der Waals surface area (Å²) in [5, 5.41) is 5.78. The molecule has 0 spiro atoms. The van der Waals surface area contributed by atoms with E-state index in [-0.39, 0.29) is 12.3 Å². The quantitative estimate of drug-likeness (QED) is 0.361. The van der Waals surface area contributed by atoms with Crippen LogP contribution in [0.3, 0.4) is 0 Å².